The summed E-state index contributed by atoms with van der Waals surface area (Å²) in [5.74, 6) is 3.22. The zero-order chi connectivity index (χ0) is 11.7. The Bertz CT molecular complexity index is 269. The summed E-state index contributed by atoms with van der Waals surface area (Å²) >= 11 is 0. The van der Waals surface area contributed by atoms with Crippen molar-refractivity contribution in [3.8, 4) is 0 Å². The minimum Gasteiger partial charge on any atom is -0.378 e. The predicted octanol–water partition coefficient (Wildman–Crippen LogP) is 4.04. The summed E-state index contributed by atoms with van der Waals surface area (Å²) in [5, 5.41) is 0. The van der Waals surface area contributed by atoms with Gasteiger partial charge in [-0.05, 0) is 56.8 Å². The Balaban J connectivity index is 2.07. The van der Waals surface area contributed by atoms with E-state index >= 15 is 0 Å². The monoisotopic (exact) mass is 222 g/mol. The van der Waals surface area contributed by atoms with Crippen molar-refractivity contribution in [2.75, 3.05) is 6.61 Å². The predicted molar refractivity (Wildman–Crippen MR) is 68.3 cm³/mol. The third kappa shape index (κ3) is 2.51. The lowest BCUT2D eigenvalue weighted by Crippen LogP contribution is -2.39. The molecular weight excluding hydrogens is 196 g/mol. The molecule has 5 unspecified atom stereocenters. The van der Waals surface area contributed by atoms with Crippen LogP contribution in [0.1, 0.15) is 47.0 Å². The molecule has 0 saturated carbocycles. The highest BCUT2D eigenvalue weighted by Crippen LogP contribution is 2.41. The summed E-state index contributed by atoms with van der Waals surface area (Å²) in [5.41, 5.74) is 1.59. The first-order chi connectivity index (χ1) is 7.58. The van der Waals surface area contributed by atoms with Crippen molar-refractivity contribution in [1.29, 1.82) is 0 Å². The molecule has 0 aromatic heterocycles. The van der Waals surface area contributed by atoms with Crippen molar-refractivity contribution in [3.05, 3.63) is 11.6 Å². The molecule has 1 aliphatic carbocycles. The molecule has 0 bridgehead atoms. The second kappa shape index (κ2) is 4.91. The van der Waals surface area contributed by atoms with Crippen LogP contribution in [0.5, 0.6) is 0 Å². The second-order valence-corrected chi connectivity index (χ2v) is 6.17. The Hall–Kier alpha value is -0.300. The number of allylic oxidation sites excluding steroid dienone is 2. The Kier molecular flexibility index (Phi) is 3.73. The van der Waals surface area contributed by atoms with Crippen LogP contribution in [0.25, 0.3) is 0 Å². The maximum atomic E-state index is 5.92. The van der Waals surface area contributed by atoms with Crippen molar-refractivity contribution in [2.45, 2.75) is 53.1 Å². The summed E-state index contributed by atoms with van der Waals surface area (Å²) in [4.78, 5) is 0. The zero-order valence-electron chi connectivity index (χ0n) is 11.2. The van der Waals surface area contributed by atoms with Crippen LogP contribution in [-0.2, 0) is 4.74 Å². The molecule has 0 N–H and O–H groups in total. The van der Waals surface area contributed by atoms with Crippen LogP contribution >= 0.6 is 0 Å². The van der Waals surface area contributed by atoms with E-state index in [2.05, 4.69) is 33.8 Å². The van der Waals surface area contributed by atoms with Crippen molar-refractivity contribution in [1.82, 2.24) is 0 Å². The largest absolute Gasteiger partial charge is 0.378 e. The SMILES string of the molecule is CC1=CCC(C)C(C2CC(C)COC2C)C1. The Labute approximate surface area is 100 Å². The highest BCUT2D eigenvalue weighted by Gasteiger charge is 2.36. The van der Waals surface area contributed by atoms with E-state index in [0.29, 0.717) is 6.10 Å². The van der Waals surface area contributed by atoms with Gasteiger partial charge in [-0.3, -0.25) is 0 Å². The molecule has 1 nitrogen and oxygen atoms in total. The first-order valence-electron chi connectivity index (χ1n) is 6.85. The van der Waals surface area contributed by atoms with Crippen LogP contribution in [0.15, 0.2) is 11.6 Å². The molecular formula is C15H26O. The average Bonchev–Trinajstić information content (AvgIpc) is 2.25. The van der Waals surface area contributed by atoms with E-state index in [9.17, 15) is 0 Å². The van der Waals surface area contributed by atoms with Gasteiger partial charge in [0.1, 0.15) is 0 Å². The minimum atomic E-state index is 0.467. The van der Waals surface area contributed by atoms with E-state index in [1.807, 2.05) is 0 Å². The molecule has 0 radical (unpaired) electrons. The molecule has 1 heterocycles. The van der Waals surface area contributed by atoms with Crippen molar-refractivity contribution < 1.29 is 4.74 Å². The standard InChI is InChI=1S/C15H26O/c1-10-5-6-12(3)14(7-10)15-8-11(2)9-16-13(15)4/h5,11-15H,6-9H2,1-4H3. The maximum Gasteiger partial charge on any atom is 0.0578 e. The molecule has 1 heteroatoms. The average molecular weight is 222 g/mol. The number of rotatable bonds is 1. The fourth-order valence-electron chi connectivity index (χ4n) is 3.48. The first kappa shape index (κ1) is 12.2. The summed E-state index contributed by atoms with van der Waals surface area (Å²) < 4.78 is 5.92. The van der Waals surface area contributed by atoms with Gasteiger partial charge >= 0.3 is 0 Å². The molecule has 16 heavy (non-hydrogen) atoms. The molecule has 5 atom stereocenters. The molecule has 0 spiro atoms. The van der Waals surface area contributed by atoms with Gasteiger partial charge in [0.25, 0.3) is 0 Å². The van der Waals surface area contributed by atoms with Crippen molar-refractivity contribution in [2.24, 2.45) is 23.7 Å². The number of ether oxygens (including phenoxy) is 1. The highest BCUT2D eigenvalue weighted by atomic mass is 16.5. The van der Waals surface area contributed by atoms with Gasteiger partial charge in [0.2, 0.25) is 0 Å². The minimum absolute atomic E-state index is 0.467. The van der Waals surface area contributed by atoms with Crippen LogP contribution in [-0.4, -0.2) is 12.7 Å². The fourth-order valence-corrected chi connectivity index (χ4v) is 3.48. The first-order valence-corrected chi connectivity index (χ1v) is 6.85. The van der Waals surface area contributed by atoms with Gasteiger partial charge in [0.15, 0.2) is 0 Å². The lowest BCUT2D eigenvalue weighted by atomic mass is 9.69. The molecule has 0 aromatic carbocycles. The maximum absolute atomic E-state index is 5.92. The molecule has 92 valence electrons. The van der Waals surface area contributed by atoms with E-state index in [1.165, 1.54) is 19.3 Å². The van der Waals surface area contributed by atoms with Crippen LogP contribution in [0.2, 0.25) is 0 Å². The Morgan fingerprint density at radius 1 is 1.19 bits per heavy atom. The van der Waals surface area contributed by atoms with E-state index in [1.54, 1.807) is 5.57 Å². The van der Waals surface area contributed by atoms with Crippen molar-refractivity contribution >= 4 is 0 Å². The lowest BCUT2D eigenvalue weighted by molar-refractivity contribution is -0.0691. The molecule has 1 saturated heterocycles. The van der Waals surface area contributed by atoms with Gasteiger partial charge in [-0.2, -0.15) is 0 Å². The van der Waals surface area contributed by atoms with Gasteiger partial charge in [-0.25, -0.2) is 0 Å². The van der Waals surface area contributed by atoms with E-state index in [-0.39, 0.29) is 0 Å². The topological polar surface area (TPSA) is 9.23 Å². The van der Waals surface area contributed by atoms with Gasteiger partial charge < -0.3 is 4.74 Å². The molecule has 1 fully saturated rings. The molecule has 2 rings (SSSR count). The van der Waals surface area contributed by atoms with Crippen LogP contribution in [0.4, 0.5) is 0 Å². The molecule has 1 aliphatic heterocycles. The van der Waals surface area contributed by atoms with Crippen LogP contribution in [0.3, 0.4) is 0 Å². The van der Waals surface area contributed by atoms with Gasteiger partial charge in [0.05, 0.1) is 6.10 Å². The number of hydrogen-bond acceptors (Lipinski definition) is 1. The second-order valence-electron chi connectivity index (χ2n) is 6.17. The third-order valence-electron chi connectivity index (χ3n) is 4.60. The van der Waals surface area contributed by atoms with E-state index < -0.39 is 0 Å². The lowest BCUT2D eigenvalue weighted by Gasteiger charge is -2.42. The molecule has 0 amide bonds. The van der Waals surface area contributed by atoms with Crippen molar-refractivity contribution in [3.63, 3.8) is 0 Å². The summed E-state index contributed by atoms with van der Waals surface area (Å²) in [7, 11) is 0. The Morgan fingerprint density at radius 3 is 2.69 bits per heavy atom. The molecule has 0 aromatic rings. The summed E-state index contributed by atoms with van der Waals surface area (Å²) in [6, 6.07) is 0. The number of hydrogen-bond donors (Lipinski definition) is 0. The van der Waals surface area contributed by atoms with Crippen LogP contribution in [0, 0.1) is 23.7 Å². The normalized spacial score (nSPS) is 45.2. The fraction of sp³-hybridized carbons (Fsp3) is 0.867. The Morgan fingerprint density at radius 2 is 1.94 bits per heavy atom. The van der Waals surface area contributed by atoms with Crippen LogP contribution < -0.4 is 0 Å². The zero-order valence-corrected chi connectivity index (χ0v) is 11.2. The van der Waals surface area contributed by atoms with E-state index in [0.717, 1.165) is 30.3 Å². The summed E-state index contributed by atoms with van der Waals surface area (Å²) in [6.07, 6.45) is 6.83. The third-order valence-corrected chi connectivity index (χ3v) is 4.60. The van der Waals surface area contributed by atoms with Gasteiger partial charge in [-0.15, -0.1) is 0 Å². The molecule has 2 aliphatic rings. The highest BCUT2D eigenvalue weighted by molar-refractivity contribution is 5.06. The van der Waals surface area contributed by atoms with Gasteiger partial charge in [-0.1, -0.05) is 25.5 Å². The quantitative estimate of drug-likeness (QED) is 0.608. The van der Waals surface area contributed by atoms with Gasteiger partial charge in [0, 0.05) is 6.61 Å². The summed E-state index contributed by atoms with van der Waals surface area (Å²) in [6.45, 7) is 10.3. The smallest absolute Gasteiger partial charge is 0.0578 e. The van der Waals surface area contributed by atoms with E-state index in [4.69, 9.17) is 4.74 Å².